The van der Waals surface area contributed by atoms with Gasteiger partial charge in [-0.1, -0.05) is 146 Å². The summed E-state index contributed by atoms with van der Waals surface area (Å²) in [6.07, 6.45) is 1.17. The van der Waals surface area contributed by atoms with Crippen molar-refractivity contribution >= 4 is 67.3 Å². The maximum atomic E-state index is 10.0. The molecule has 5 heterocycles. The van der Waals surface area contributed by atoms with E-state index in [2.05, 4.69) is 9.97 Å². The van der Waals surface area contributed by atoms with Gasteiger partial charge in [0, 0.05) is 39.1 Å². The number of H-pyrrole nitrogens is 2. The highest BCUT2D eigenvalue weighted by Gasteiger charge is 2.32. The molecule has 14 nitrogen and oxygen atoms in total. The minimum absolute atomic E-state index is 0. The van der Waals surface area contributed by atoms with Crippen LogP contribution in [-0.2, 0) is 4.79 Å². The van der Waals surface area contributed by atoms with Gasteiger partial charge in [0.05, 0.1) is 16.5 Å². The number of hydrogen-bond donors (Lipinski definition) is 3. The van der Waals surface area contributed by atoms with Crippen molar-refractivity contribution in [2.45, 2.75) is 13.8 Å². The topological polar surface area (TPSA) is 183 Å². The van der Waals surface area contributed by atoms with Gasteiger partial charge in [-0.05, 0) is 62.4 Å². The first-order chi connectivity index (χ1) is 36.8. The van der Waals surface area contributed by atoms with Crippen LogP contribution in [0.25, 0.3) is 89.7 Å². The molecule has 0 radical (unpaired) electrons. The van der Waals surface area contributed by atoms with E-state index in [0.717, 1.165) is 33.0 Å². The summed E-state index contributed by atoms with van der Waals surface area (Å²) >= 11 is 0. The second-order valence-corrected chi connectivity index (χ2v) is 17.4. The quantitative estimate of drug-likeness (QED) is 0.0708. The molecule has 0 unspecified atom stereocenters. The summed E-state index contributed by atoms with van der Waals surface area (Å²) in [4.78, 5) is 48.6. The molecule has 368 valence electrons. The molecule has 76 heavy (non-hydrogen) atoms. The maximum absolute atomic E-state index is 10.0. The molecule has 3 N–H and O–H groups in total. The molecule has 0 atom stereocenters. The molecule has 15 heteroatoms. The highest BCUT2D eigenvalue weighted by atomic mass is 27.0. The van der Waals surface area contributed by atoms with E-state index < -0.39 is 0 Å². The van der Waals surface area contributed by atoms with E-state index in [1.54, 1.807) is 0 Å². The SMILES string of the molecule is CC(=O)/C=C(/C)O.[AlH3].c1ccc(Oc2c(Oc3ccccc3)c(Oc3ccccc3)c3c4nc5nc(nc6[nH]c(nc7nc(nc([nH]4)c3c2Oc2ccccc2)-c2ccccc2-7)c2ccccc62)-c2ccccc2-5)cc1. The molecular weight excluding hydrogens is 968 g/mol. The van der Waals surface area contributed by atoms with Gasteiger partial charge in [0.15, 0.2) is 57.9 Å². The van der Waals surface area contributed by atoms with Crippen LogP contribution in [-0.4, -0.2) is 68.1 Å². The number of benzene rings is 8. The second-order valence-electron chi connectivity index (χ2n) is 17.4. The number of nitrogens with zero attached hydrogens (tertiary/aromatic N) is 6. The van der Waals surface area contributed by atoms with E-state index in [9.17, 15) is 4.79 Å². The predicted molar refractivity (Wildman–Crippen MR) is 299 cm³/mol. The van der Waals surface area contributed by atoms with Gasteiger partial charge in [-0.25, -0.2) is 29.9 Å². The second kappa shape index (κ2) is 20.9. The van der Waals surface area contributed by atoms with E-state index in [1.165, 1.54) is 19.9 Å². The van der Waals surface area contributed by atoms with Crippen LogP contribution in [0.1, 0.15) is 13.8 Å². The van der Waals surface area contributed by atoms with Crippen LogP contribution in [0.5, 0.6) is 46.0 Å². The van der Waals surface area contributed by atoms with E-state index >= 15 is 0 Å². The lowest BCUT2D eigenvalue weighted by atomic mass is 10.1. The molecule has 11 aromatic rings. The molecule has 0 spiro atoms. The Hall–Kier alpha value is -9.94. The average molecular weight is 1010 g/mol. The van der Waals surface area contributed by atoms with E-state index in [0.29, 0.717) is 79.7 Å². The standard InChI is InChI=1S/C56H34N8O4.C5H8O2.Al.3H/c1-5-19-33(20-6-1)65-45-43-44(46(66-34-21-7-2-8-22-34)48(68-36-25-11-4-12-26-36)47(45)67-35-23-9-3-10-24-35)56-63-54-42-32-18-16-30-40(42)52(61-54)59-50-38-28-14-13-27-37(38)49(57-50)58-51-39-29-15-17-31-41(39)53(60-51)62-55(43)64-56;1-4(6)3-5(2)7;;;;/h1-32H,(H2,57,58,59,60,61,62,63,64);3,6H,1-2H3;;;;/b;4-3-;;;;. The smallest absolute Gasteiger partial charge is 0.217 e. The Morgan fingerprint density at radius 1 is 0.382 bits per heavy atom. The van der Waals surface area contributed by atoms with E-state index in [1.807, 2.05) is 194 Å². The fraction of sp³-hybridized carbons (Fsp3) is 0.0328. The Morgan fingerprint density at radius 2 is 0.658 bits per heavy atom. The number of allylic oxidation sites excluding steroid dienone is 2. The highest BCUT2D eigenvalue weighted by molar-refractivity contribution is 6.15. The number of aliphatic hydroxyl groups excluding tert-OH is 1. The Bertz CT molecular complexity index is 3940. The zero-order valence-electron chi connectivity index (χ0n) is 40.2. The average Bonchev–Trinajstić information content (AvgIpc) is 4.33. The Kier molecular flexibility index (Phi) is 13.3. The number of aromatic amines is 2. The van der Waals surface area contributed by atoms with Gasteiger partial charge < -0.3 is 34.0 Å². The summed E-state index contributed by atoms with van der Waals surface area (Å²) < 4.78 is 28.0. The number of nitrogens with one attached hydrogen (secondary N) is 2. The lowest BCUT2D eigenvalue weighted by Gasteiger charge is -2.21. The van der Waals surface area contributed by atoms with Crippen LogP contribution in [0.3, 0.4) is 0 Å². The van der Waals surface area contributed by atoms with Gasteiger partial charge in [-0.2, -0.15) is 0 Å². The summed E-state index contributed by atoms with van der Waals surface area (Å²) in [5.41, 5.74) is 5.07. The molecule has 8 bridgehead atoms. The first-order valence-corrected chi connectivity index (χ1v) is 23.9. The van der Waals surface area contributed by atoms with Crippen LogP contribution in [0.15, 0.2) is 206 Å². The number of ketones is 1. The number of carbonyl (C=O) groups is 1. The normalized spacial score (nSPS) is 11.4. The number of carbonyl (C=O) groups excluding carboxylic acids is 1. The third kappa shape index (κ3) is 9.58. The molecule has 0 saturated heterocycles. The predicted octanol–water partition coefficient (Wildman–Crippen LogP) is 13.9. The fourth-order valence-corrected chi connectivity index (χ4v) is 8.89. The lowest BCUT2D eigenvalue weighted by molar-refractivity contribution is -0.112. The zero-order valence-corrected chi connectivity index (χ0v) is 40.2. The molecule has 0 saturated carbocycles. The molecule has 3 aromatic heterocycles. The zero-order chi connectivity index (χ0) is 50.8. The fourth-order valence-electron chi connectivity index (χ4n) is 8.89. The van der Waals surface area contributed by atoms with Crippen molar-refractivity contribution in [3.63, 3.8) is 0 Å². The number of aliphatic hydroxyl groups is 1. The number of ether oxygens (including phenoxy) is 4. The van der Waals surface area contributed by atoms with Crippen molar-refractivity contribution in [2.75, 3.05) is 0 Å². The number of para-hydroxylation sites is 4. The van der Waals surface area contributed by atoms with Crippen LogP contribution >= 0.6 is 0 Å². The lowest BCUT2D eigenvalue weighted by Crippen LogP contribution is -1.99. The van der Waals surface area contributed by atoms with Gasteiger partial charge in [0.25, 0.3) is 0 Å². The van der Waals surface area contributed by atoms with Crippen molar-refractivity contribution in [2.24, 2.45) is 0 Å². The first kappa shape index (κ1) is 48.3. The Morgan fingerprint density at radius 3 is 0.961 bits per heavy atom. The maximum Gasteiger partial charge on any atom is 0.217 e. The molecule has 13 rings (SSSR count). The molecule has 8 aromatic carbocycles. The summed E-state index contributed by atoms with van der Waals surface area (Å²) in [7, 11) is 0. The van der Waals surface area contributed by atoms with E-state index in [-0.39, 0.29) is 51.9 Å². The van der Waals surface area contributed by atoms with Crippen molar-refractivity contribution in [3.05, 3.63) is 206 Å². The van der Waals surface area contributed by atoms with Crippen LogP contribution in [0.4, 0.5) is 0 Å². The van der Waals surface area contributed by atoms with Crippen LogP contribution in [0, 0.1) is 0 Å². The number of rotatable bonds is 9. The molecule has 2 aliphatic rings. The Labute approximate surface area is 445 Å². The summed E-state index contributed by atoms with van der Waals surface area (Å²) in [5.74, 6) is 4.81. The highest BCUT2D eigenvalue weighted by Crippen LogP contribution is 2.57. The van der Waals surface area contributed by atoms with Gasteiger partial charge in [0.2, 0.25) is 11.5 Å². The molecular formula is C61H45AlN8O6. The first-order valence-electron chi connectivity index (χ1n) is 23.9. The summed E-state index contributed by atoms with van der Waals surface area (Å²) in [6.45, 7) is 2.85. The summed E-state index contributed by atoms with van der Waals surface area (Å²) in [5, 5.41) is 11.1. The Balaban J connectivity index is 0.000000723. The molecule has 0 fully saturated rings. The van der Waals surface area contributed by atoms with E-state index in [4.69, 9.17) is 54.0 Å². The third-order valence-corrected chi connectivity index (χ3v) is 12.1. The van der Waals surface area contributed by atoms with Gasteiger partial charge in [-0.15, -0.1) is 0 Å². The minimum Gasteiger partial charge on any atom is -0.512 e. The van der Waals surface area contributed by atoms with Gasteiger partial charge in [-0.3, -0.25) is 4.79 Å². The number of fused-ring (bicyclic) bond motifs is 20. The summed E-state index contributed by atoms with van der Waals surface area (Å²) in [6, 6.07) is 61.7. The van der Waals surface area contributed by atoms with Crippen molar-refractivity contribution in [3.8, 4) is 91.5 Å². The van der Waals surface area contributed by atoms with Crippen LogP contribution < -0.4 is 18.9 Å². The molecule has 0 amide bonds. The number of hydrogen-bond acceptors (Lipinski definition) is 12. The van der Waals surface area contributed by atoms with Crippen LogP contribution in [0.2, 0.25) is 0 Å². The largest absolute Gasteiger partial charge is 0.512 e. The molecule has 2 aliphatic heterocycles. The van der Waals surface area contributed by atoms with Crippen molar-refractivity contribution in [1.82, 2.24) is 39.9 Å². The van der Waals surface area contributed by atoms with Gasteiger partial charge >= 0.3 is 0 Å². The molecule has 0 aliphatic carbocycles. The monoisotopic (exact) mass is 1010 g/mol. The minimum atomic E-state index is -0.125. The number of aromatic nitrogens is 8. The third-order valence-electron chi connectivity index (χ3n) is 12.1. The van der Waals surface area contributed by atoms with Crippen molar-refractivity contribution in [1.29, 1.82) is 0 Å². The van der Waals surface area contributed by atoms with Gasteiger partial charge in [0.1, 0.15) is 45.6 Å². The van der Waals surface area contributed by atoms with Crippen molar-refractivity contribution < 1.29 is 28.8 Å².